The number of amides is 1. The van der Waals surface area contributed by atoms with Crippen molar-refractivity contribution in [3.05, 3.63) is 52.5 Å². The molecule has 2 aliphatic rings. The molecule has 6 nitrogen and oxygen atoms in total. The van der Waals surface area contributed by atoms with Crippen LogP contribution in [-0.4, -0.2) is 38.3 Å². The number of hydrogen-bond acceptors (Lipinski definition) is 4. The summed E-state index contributed by atoms with van der Waals surface area (Å²) in [5.74, 6) is 0.624. The molecular formula is C20H21ClN2O4S. The fourth-order valence-electron chi connectivity index (χ4n) is 3.75. The zero-order valence-electron chi connectivity index (χ0n) is 15.5. The topological polar surface area (TPSA) is 66.9 Å². The van der Waals surface area contributed by atoms with E-state index in [2.05, 4.69) is 0 Å². The smallest absolute Gasteiger partial charge is 0.243 e. The molecule has 0 aromatic heterocycles. The van der Waals surface area contributed by atoms with Gasteiger partial charge >= 0.3 is 0 Å². The number of benzene rings is 2. The molecule has 0 atom stereocenters. The number of fused-ring (bicyclic) bond motifs is 2. The van der Waals surface area contributed by atoms with Crippen molar-refractivity contribution in [3.8, 4) is 5.75 Å². The lowest BCUT2D eigenvalue weighted by Crippen LogP contribution is -2.34. The first-order valence-corrected chi connectivity index (χ1v) is 11.0. The Balaban J connectivity index is 1.68. The van der Waals surface area contributed by atoms with Gasteiger partial charge in [0.15, 0.2) is 0 Å². The van der Waals surface area contributed by atoms with E-state index in [-0.39, 0.29) is 30.5 Å². The second-order valence-electron chi connectivity index (χ2n) is 7.00. The van der Waals surface area contributed by atoms with Crippen LogP contribution in [0, 0.1) is 0 Å². The van der Waals surface area contributed by atoms with Crippen LogP contribution in [0.25, 0.3) is 0 Å². The predicted molar refractivity (Wildman–Crippen MR) is 107 cm³/mol. The molecule has 148 valence electrons. The fraction of sp³-hybridized carbons (Fsp3) is 0.350. The first kappa shape index (κ1) is 19.2. The average molecular weight is 421 g/mol. The molecule has 2 aliphatic heterocycles. The van der Waals surface area contributed by atoms with Gasteiger partial charge < -0.3 is 9.64 Å². The molecule has 0 unspecified atom stereocenters. The van der Waals surface area contributed by atoms with Gasteiger partial charge in [-0.05, 0) is 54.8 Å². The van der Waals surface area contributed by atoms with Crippen molar-refractivity contribution in [2.24, 2.45) is 0 Å². The molecule has 0 bridgehead atoms. The normalized spacial score (nSPS) is 17.3. The molecule has 4 rings (SSSR count). The van der Waals surface area contributed by atoms with E-state index < -0.39 is 10.0 Å². The van der Waals surface area contributed by atoms with Gasteiger partial charge in [0.2, 0.25) is 15.9 Å². The summed E-state index contributed by atoms with van der Waals surface area (Å²) in [6.45, 7) is 2.92. The van der Waals surface area contributed by atoms with Crippen molar-refractivity contribution >= 4 is 33.2 Å². The monoisotopic (exact) mass is 420 g/mol. The molecule has 0 N–H and O–H groups in total. The quantitative estimate of drug-likeness (QED) is 0.748. The first-order valence-electron chi connectivity index (χ1n) is 9.19. The summed E-state index contributed by atoms with van der Waals surface area (Å²) in [5, 5.41) is 0.541. The van der Waals surface area contributed by atoms with Crippen LogP contribution in [0.5, 0.6) is 5.75 Å². The molecule has 0 saturated heterocycles. The van der Waals surface area contributed by atoms with Crippen molar-refractivity contribution in [1.29, 1.82) is 0 Å². The van der Waals surface area contributed by atoms with Crippen molar-refractivity contribution < 1.29 is 17.9 Å². The third-order valence-corrected chi connectivity index (χ3v) is 7.23. The van der Waals surface area contributed by atoms with E-state index in [9.17, 15) is 13.2 Å². The lowest BCUT2D eigenvalue weighted by atomic mass is 10.0. The Bertz CT molecular complexity index is 1040. The van der Waals surface area contributed by atoms with Crippen LogP contribution in [0.1, 0.15) is 24.5 Å². The number of hydrogen-bond donors (Lipinski definition) is 0. The van der Waals surface area contributed by atoms with Gasteiger partial charge in [0.05, 0.1) is 4.90 Å². The van der Waals surface area contributed by atoms with Gasteiger partial charge in [-0.1, -0.05) is 11.6 Å². The Morgan fingerprint density at radius 2 is 1.93 bits per heavy atom. The number of aryl methyl sites for hydroxylation is 1. The number of anilines is 1. The Kier molecular flexibility index (Phi) is 5.07. The first-order chi connectivity index (χ1) is 13.4. The molecule has 1 amide bonds. The summed E-state index contributed by atoms with van der Waals surface area (Å²) in [7, 11) is -3.71. The molecule has 0 spiro atoms. The average Bonchev–Trinajstić information content (AvgIpc) is 2.89. The highest BCUT2D eigenvalue weighted by Crippen LogP contribution is 2.32. The van der Waals surface area contributed by atoms with Gasteiger partial charge in [-0.15, -0.1) is 0 Å². The van der Waals surface area contributed by atoms with E-state index in [0.29, 0.717) is 17.3 Å². The summed E-state index contributed by atoms with van der Waals surface area (Å²) in [5.41, 5.74) is 2.43. The molecule has 0 radical (unpaired) electrons. The zero-order chi connectivity index (χ0) is 19.9. The van der Waals surface area contributed by atoms with Crippen LogP contribution in [-0.2, 0) is 27.8 Å². The Labute approximate surface area is 169 Å². The predicted octanol–water partition coefficient (Wildman–Crippen LogP) is 3.22. The Hall–Kier alpha value is -2.09. The van der Waals surface area contributed by atoms with Crippen LogP contribution in [0.2, 0.25) is 5.02 Å². The van der Waals surface area contributed by atoms with E-state index in [4.69, 9.17) is 16.3 Å². The Morgan fingerprint density at radius 1 is 1.11 bits per heavy atom. The molecule has 28 heavy (non-hydrogen) atoms. The SMILES string of the molecule is CC(=O)N1CCCc2cc(S(=O)(=O)N3CCOc4ccc(Cl)cc4C3)ccc21. The third-order valence-electron chi connectivity index (χ3n) is 5.15. The van der Waals surface area contributed by atoms with Gasteiger partial charge in [-0.2, -0.15) is 4.31 Å². The summed E-state index contributed by atoms with van der Waals surface area (Å²) >= 11 is 6.07. The summed E-state index contributed by atoms with van der Waals surface area (Å²) in [6, 6.07) is 10.3. The molecular weight excluding hydrogens is 400 g/mol. The highest BCUT2D eigenvalue weighted by Gasteiger charge is 2.29. The van der Waals surface area contributed by atoms with E-state index in [1.54, 1.807) is 41.3 Å². The molecule has 0 fully saturated rings. The number of halogens is 1. The maximum Gasteiger partial charge on any atom is 0.243 e. The third kappa shape index (κ3) is 3.50. The number of carbonyl (C=O) groups is 1. The maximum atomic E-state index is 13.3. The van der Waals surface area contributed by atoms with Gasteiger partial charge in [0, 0.05) is 42.8 Å². The molecule has 2 heterocycles. The van der Waals surface area contributed by atoms with Crippen LogP contribution < -0.4 is 9.64 Å². The summed E-state index contributed by atoms with van der Waals surface area (Å²) in [4.78, 5) is 13.8. The summed E-state index contributed by atoms with van der Waals surface area (Å²) in [6.07, 6.45) is 1.57. The number of nitrogens with zero attached hydrogens (tertiary/aromatic N) is 2. The maximum absolute atomic E-state index is 13.3. The molecule has 0 aliphatic carbocycles. The van der Waals surface area contributed by atoms with E-state index in [1.165, 1.54) is 11.2 Å². The van der Waals surface area contributed by atoms with Crippen LogP contribution >= 0.6 is 11.6 Å². The minimum absolute atomic E-state index is 0.0327. The molecule has 0 saturated carbocycles. The van der Waals surface area contributed by atoms with Crippen molar-refractivity contribution in [2.75, 3.05) is 24.6 Å². The Morgan fingerprint density at radius 3 is 2.71 bits per heavy atom. The van der Waals surface area contributed by atoms with Gasteiger partial charge in [0.25, 0.3) is 0 Å². The molecule has 2 aromatic carbocycles. The number of rotatable bonds is 2. The fourth-order valence-corrected chi connectivity index (χ4v) is 5.40. The number of carbonyl (C=O) groups excluding carboxylic acids is 1. The highest BCUT2D eigenvalue weighted by molar-refractivity contribution is 7.89. The highest BCUT2D eigenvalue weighted by atomic mass is 35.5. The largest absolute Gasteiger partial charge is 0.492 e. The van der Waals surface area contributed by atoms with Crippen LogP contribution in [0.15, 0.2) is 41.3 Å². The van der Waals surface area contributed by atoms with Crippen LogP contribution in [0.3, 0.4) is 0 Å². The lowest BCUT2D eigenvalue weighted by Gasteiger charge is -2.29. The summed E-state index contributed by atoms with van der Waals surface area (Å²) < 4.78 is 33.7. The van der Waals surface area contributed by atoms with Crippen LogP contribution in [0.4, 0.5) is 5.69 Å². The van der Waals surface area contributed by atoms with E-state index in [0.717, 1.165) is 29.7 Å². The van der Waals surface area contributed by atoms with E-state index >= 15 is 0 Å². The van der Waals surface area contributed by atoms with Crippen molar-refractivity contribution in [1.82, 2.24) is 4.31 Å². The standard InChI is InChI=1S/C20H21ClN2O4S/c1-14(24)23-8-2-3-15-12-18(5-6-19(15)23)28(25,26)22-9-10-27-20-7-4-17(21)11-16(20)13-22/h4-7,11-12H,2-3,8-10,13H2,1H3. The zero-order valence-corrected chi connectivity index (χ0v) is 17.1. The van der Waals surface area contributed by atoms with E-state index in [1.807, 2.05) is 0 Å². The van der Waals surface area contributed by atoms with Gasteiger partial charge in [-0.3, -0.25) is 4.79 Å². The van der Waals surface area contributed by atoms with Crippen molar-refractivity contribution in [2.45, 2.75) is 31.2 Å². The minimum Gasteiger partial charge on any atom is -0.492 e. The molecule has 2 aromatic rings. The number of sulfonamides is 1. The molecule has 8 heteroatoms. The number of ether oxygens (including phenoxy) is 1. The van der Waals surface area contributed by atoms with Gasteiger partial charge in [0.1, 0.15) is 12.4 Å². The second kappa shape index (κ2) is 7.39. The van der Waals surface area contributed by atoms with Crippen molar-refractivity contribution in [3.63, 3.8) is 0 Å². The minimum atomic E-state index is -3.71. The second-order valence-corrected chi connectivity index (χ2v) is 9.38. The lowest BCUT2D eigenvalue weighted by molar-refractivity contribution is -0.116. The van der Waals surface area contributed by atoms with Gasteiger partial charge in [-0.25, -0.2) is 8.42 Å².